The first-order valence-electron chi connectivity index (χ1n) is 8.09. The highest BCUT2D eigenvalue weighted by Gasteiger charge is 2.25. The second kappa shape index (κ2) is 6.24. The highest BCUT2D eigenvalue weighted by atomic mass is 32.1. The van der Waals surface area contributed by atoms with Gasteiger partial charge in [-0.15, -0.1) is 11.3 Å². The van der Waals surface area contributed by atoms with E-state index in [9.17, 15) is 4.79 Å². The highest BCUT2D eigenvalue weighted by molar-refractivity contribution is 7.16. The number of benzene rings is 1. The number of aromatic nitrogens is 1. The van der Waals surface area contributed by atoms with Gasteiger partial charge in [0.2, 0.25) is 5.91 Å². The molecule has 1 aromatic carbocycles. The normalized spacial score (nSPS) is 12.5. The number of amides is 1. The Kier molecular flexibility index (Phi) is 3.94. The summed E-state index contributed by atoms with van der Waals surface area (Å²) in [5.41, 5.74) is 3.23. The Morgan fingerprint density at radius 3 is 2.92 bits per heavy atom. The second-order valence-electron chi connectivity index (χ2n) is 5.96. The van der Waals surface area contributed by atoms with Crippen LogP contribution in [0.5, 0.6) is 0 Å². The summed E-state index contributed by atoms with van der Waals surface area (Å²) in [6.07, 6.45) is 4.79. The minimum Gasteiger partial charge on any atom is -0.469 e. The van der Waals surface area contributed by atoms with Gasteiger partial charge in [-0.3, -0.25) is 9.69 Å². The standard InChI is InChI=1S/C19H18N2O2S/c1-21(17(22)10-7-13-5-3-2-4-6-13)19-20-18-14-11-12-23-15(14)8-9-16(18)24-19/h2-6,11-12H,7-10H2,1H3. The van der Waals surface area contributed by atoms with Crippen LogP contribution in [0, 0.1) is 0 Å². The molecule has 0 fully saturated rings. The fourth-order valence-electron chi connectivity index (χ4n) is 3.01. The van der Waals surface area contributed by atoms with Crippen molar-refractivity contribution >= 4 is 22.4 Å². The molecule has 0 atom stereocenters. The van der Waals surface area contributed by atoms with Crippen molar-refractivity contribution in [3.8, 4) is 11.3 Å². The quantitative estimate of drug-likeness (QED) is 0.719. The number of thiazole rings is 1. The lowest BCUT2D eigenvalue weighted by Crippen LogP contribution is -2.26. The van der Waals surface area contributed by atoms with E-state index < -0.39 is 0 Å². The molecule has 5 heteroatoms. The fourth-order valence-corrected chi connectivity index (χ4v) is 4.06. The summed E-state index contributed by atoms with van der Waals surface area (Å²) in [6, 6.07) is 12.1. The van der Waals surface area contributed by atoms with E-state index in [0.29, 0.717) is 6.42 Å². The zero-order valence-electron chi connectivity index (χ0n) is 13.5. The summed E-state index contributed by atoms with van der Waals surface area (Å²) in [7, 11) is 1.81. The van der Waals surface area contributed by atoms with E-state index in [-0.39, 0.29) is 5.91 Å². The lowest BCUT2D eigenvalue weighted by Gasteiger charge is -2.13. The lowest BCUT2D eigenvalue weighted by molar-refractivity contribution is -0.118. The summed E-state index contributed by atoms with van der Waals surface area (Å²) in [5.74, 6) is 1.09. The second-order valence-corrected chi connectivity index (χ2v) is 7.03. The van der Waals surface area contributed by atoms with Crippen molar-refractivity contribution < 1.29 is 9.21 Å². The van der Waals surface area contributed by atoms with E-state index in [1.54, 1.807) is 22.5 Å². The Labute approximate surface area is 144 Å². The average Bonchev–Trinajstić information content (AvgIpc) is 3.25. The summed E-state index contributed by atoms with van der Waals surface area (Å²) < 4.78 is 5.50. The Bertz CT molecular complexity index is 867. The molecule has 1 amide bonds. The van der Waals surface area contributed by atoms with E-state index in [2.05, 4.69) is 12.1 Å². The summed E-state index contributed by atoms with van der Waals surface area (Å²) in [5, 5.41) is 0.770. The van der Waals surface area contributed by atoms with Crippen molar-refractivity contribution in [1.29, 1.82) is 0 Å². The molecule has 0 bridgehead atoms. The molecule has 24 heavy (non-hydrogen) atoms. The number of fused-ring (bicyclic) bond motifs is 3. The van der Waals surface area contributed by atoms with Crippen LogP contribution in [0.1, 0.15) is 22.6 Å². The van der Waals surface area contributed by atoms with E-state index >= 15 is 0 Å². The molecule has 122 valence electrons. The Morgan fingerprint density at radius 1 is 1.25 bits per heavy atom. The zero-order chi connectivity index (χ0) is 16.5. The smallest absolute Gasteiger partial charge is 0.228 e. The van der Waals surface area contributed by atoms with Gasteiger partial charge in [0, 0.05) is 30.3 Å². The third-order valence-electron chi connectivity index (χ3n) is 4.40. The monoisotopic (exact) mass is 338 g/mol. The van der Waals surface area contributed by atoms with Crippen LogP contribution in [0.2, 0.25) is 0 Å². The number of furan rings is 1. The van der Waals surface area contributed by atoms with Crippen LogP contribution >= 0.6 is 11.3 Å². The van der Waals surface area contributed by atoms with E-state index in [4.69, 9.17) is 9.40 Å². The van der Waals surface area contributed by atoms with Gasteiger partial charge in [0.1, 0.15) is 5.76 Å². The van der Waals surface area contributed by atoms with Crippen LogP contribution in [-0.4, -0.2) is 17.9 Å². The predicted molar refractivity (Wildman–Crippen MR) is 95.4 cm³/mol. The molecular weight excluding hydrogens is 320 g/mol. The van der Waals surface area contributed by atoms with Crippen molar-refractivity contribution in [3.63, 3.8) is 0 Å². The number of carbonyl (C=O) groups excluding carboxylic acids is 1. The molecule has 2 aromatic heterocycles. The first kappa shape index (κ1) is 15.1. The average molecular weight is 338 g/mol. The molecule has 0 radical (unpaired) electrons. The van der Waals surface area contributed by atoms with Crippen molar-refractivity contribution in [1.82, 2.24) is 4.98 Å². The largest absolute Gasteiger partial charge is 0.469 e. The summed E-state index contributed by atoms with van der Waals surface area (Å²) in [6.45, 7) is 0. The number of anilines is 1. The van der Waals surface area contributed by atoms with Gasteiger partial charge < -0.3 is 4.42 Å². The molecular formula is C19H18N2O2S. The van der Waals surface area contributed by atoms with Crippen LogP contribution in [0.4, 0.5) is 5.13 Å². The molecule has 1 aliphatic carbocycles. The molecule has 4 rings (SSSR count). The molecule has 1 aliphatic rings. The highest BCUT2D eigenvalue weighted by Crippen LogP contribution is 2.39. The SMILES string of the molecule is CN(C(=O)CCc1ccccc1)c1nc2c(s1)CCc1occc1-2. The van der Waals surface area contributed by atoms with Crippen LogP contribution in [-0.2, 0) is 24.1 Å². The Morgan fingerprint density at radius 2 is 2.08 bits per heavy atom. The number of hydrogen-bond acceptors (Lipinski definition) is 4. The first-order valence-corrected chi connectivity index (χ1v) is 8.91. The molecule has 4 nitrogen and oxygen atoms in total. The van der Waals surface area contributed by atoms with Crippen LogP contribution in [0.25, 0.3) is 11.3 Å². The van der Waals surface area contributed by atoms with Crippen molar-refractivity contribution in [2.75, 3.05) is 11.9 Å². The van der Waals surface area contributed by atoms with Crippen molar-refractivity contribution in [2.24, 2.45) is 0 Å². The topological polar surface area (TPSA) is 46.3 Å². The zero-order valence-corrected chi connectivity index (χ0v) is 14.3. The first-order chi connectivity index (χ1) is 11.7. The van der Waals surface area contributed by atoms with Gasteiger partial charge in [-0.25, -0.2) is 4.98 Å². The third-order valence-corrected chi connectivity index (χ3v) is 5.59. The van der Waals surface area contributed by atoms with E-state index in [0.717, 1.165) is 41.4 Å². The van der Waals surface area contributed by atoms with Crippen molar-refractivity contribution in [2.45, 2.75) is 25.7 Å². The minimum atomic E-state index is 0.0948. The van der Waals surface area contributed by atoms with Gasteiger partial charge in [-0.1, -0.05) is 30.3 Å². The van der Waals surface area contributed by atoms with Crippen LogP contribution < -0.4 is 4.90 Å². The maximum absolute atomic E-state index is 12.5. The van der Waals surface area contributed by atoms with Crippen molar-refractivity contribution in [3.05, 3.63) is 58.9 Å². The van der Waals surface area contributed by atoms with Gasteiger partial charge in [0.15, 0.2) is 5.13 Å². The number of rotatable bonds is 4. The molecule has 3 aromatic rings. The Balaban J connectivity index is 1.49. The molecule has 0 aliphatic heterocycles. The maximum Gasteiger partial charge on any atom is 0.228 e. The number of carbonyl (C=O) groups is 1. The molecule has 0 unspecified atom stereocenters. The van der Waals surface area contributed by atoms with Crippen LogP contribution in [0.3, 0.4) is 0 Å². The number of hydrogen-bond donors (Lipinski definition) is 0. The Hall–Kier alpha value is -2.40. The number of aryl methyl sites for hydroxylation is 3. The molecule has 0 saturated carbocycles. The van der Waals surface area contributed by atoms with Gasteiger partial charge in [0.05, 0.1) is 12.0 Å². The fraction of sp³-hybridized carbons (Fsp3) is 0.263. The van der Waals surface area contributed by atoms with Gasteiger partial charge in [-0.2, -0.15) is 0 Å². The van der Waals surface area contributed by atoms with Gasteiger partial charge >= 0.3 is 0 Å². The van der Waals surface area contributed by atoms with Crippen LogP contribution in [0.15, 0.2) is 47.1 Å². The van der Waals surface area contributed by atoms with Gasteiger partial charge in [-0.05, 0) is 24.5 Å². The molecule has 0 saturated heterocycles. The van der Waals surface area contributed by atoms with E-state index in [1.165, 1.54) is 10.4 Å². The summed E-state index contributed by atoms with van der Waals surface area (Å²) in [4.78, 5) is 20.1. The lowest BCUT2D eigenvalue weighted by atomic mass is 10.0. The number of nitrogens with zero attached hydrogens (tertiary/aromatic N) is 2. The van der Waals surface area contributed by atoms with Gasteiger partial charge in [0.25, 0.3) is 0 Å². The minimum absolute atomic E-state index is 0.0948. The third kappa shape index (κ3) is 2.76. The molecule has 2 heterocycles. The van der Waals surface area contributed by atoms with E-state index in [1.807, 2.05) is 31.3 Å². The molecule has 0 N–H and O–H groups in total. The maximum atomic E-state index is 12.5. The predicted octanol–water partition coefficient (Wildman–Crippen LogP) is 4.10. The molecule has 0 spiro atoms. The summed E-state index contributed by atoms with van der Waals surface area (Å²) >= 11 is 1.61.